The normalized spacial score (nSPS) is 11.9. The van der Waals surface area contributed by atoms with Gasteiger partial charge in [-0.2, -0.15) is 0 Å². The molecule has 0 aliphatic carbocycles. The van der Waals surface area contributed by atoms with Gasteiger partial charge in [0.1, 0.15) is 0 Å². The Morgan fingerprint density at radius 2 is 2.00 bits per heavy atom. The molecule has 0 bridgehead atoms. The summed E-state index contributed by atoms with van der Waals surface area (Å²) in [5.41, 5.74) is 0.662. The maximum absolute atomic E-state index is 11.0. The summed E-state index contributed by atoms with van der Waals surface area (Å²) in [6, 6.07) is 0. The number of methoxy groups -OCH3 is 1. The number of hydrogen-bond donors (Lipinski definition) is 1. The first kappa shape index (κ1) is 14.2. The fraction of sp³-hybridized carbons (Fsp3) is 0.750. The molecule has 0 saturated heterocycles. The SMILES string of the molecule is CCC(CC)CNC/C=C(/C)C(=O)OC. The molecule has 0 heterocycles. The highest BCUT2D eigenvalue weighted by atomic mass is 16.5. The van der Waals surface area contributed by atoms with Crippen LogP contribution < -0.4 is 5.32 Å². The minimum Gasteiger partial charge on any atom is -0.466 e. The molecule has 0 amide bonds. The van der Waals surface area contributed by atoms with Gasteiger partial charge < -0.3 is 10.1 Å². The molecule has 0 aliphatic rings. The molecule has 3 nitrogen and oxygen atoms in total. The van der Waals surface area contributed by atoms with E-state index in [-0.39, 0.29) is 5.97 Å². The van der Waals surface area contributed by atoms with Gasteiger partial charge in [0.2, 0.25) is 0 Å². The van der Waals surface area contributed by atoms with Crippen LogP contribution in [-0.4, -0.2) is 26.2 Å². The fourth-order valence-electron chi connectivity index (χ4n) is 1.33. The summed E-state index contributed by atoms with van der Waals surface area (Å²) in [5.74, 6) is 0.483. The van der Waals surface area contributed by atoms with Crippen molar-refractivity contribution in [1.82, 2.24) is 5.32 Å². The largest absolute Gasteiger partial charge is 0.466 e. The average Bonchev–Trinajstić information content (AvgIpc) is 2.27. The smallest absolute Gasteiger partial charge is 0.333 e. The minimum atomic E-state index is -0.251. The first-order valence-electron chi connectivity index (χ1n) is 5.61. The van der Waals surface area contributed by atoms with Crippen LogP contribution in [0.3, 0.4) is 0 Å². The lowest BCUT2D eigenvalue weighted by atomic mass is 10.0. The molecule has 15 heavy (non-hydrogen) atoms. The third-order valence-electron chi connectivity index (χ3n) is 2.65. The van der Waals surface area contributed by atoms with Crippen molar-refractivity contribution in [2.75, 3.05) is 20.2 Å². The van der Waals surface area contributed by atoms with Crippen LogP contribution in [-0.2, 0) is 9.53 Å². The second kappa shape index (κ2) is 8.48. The van der Waals surface area contributed by atoms with E-state index in [2.05, 4.69) is 23.9 Å². The Morgan fingerprint density at radius 3 is 2.47 bits per heavy atom. The van der Waals surface area contributed by atoms with Crippen molar-refractivity contribution < 1.29 is 9.53 Å². The first-order chi connectivity index (χ1) is 7.15. The summed E-state index contributed by atoms with van der Waals surface area (Å²) >= 11 is 0. The molecule has 0 aromatic carbocycles. The lowest BCUT2D eigenvalue weighted by Crippen LogP contribution is -2.22. The molecule has 0 radical (unpaired) electrons. The van der Waals surface area contributed by atoms with Gasteiger partial charge in [-0.1, -0.05) is 32.8 Å². The molecule has 0 unspecified atom stereocenters. The second-order valence-electron chi connectivity index (χ2n) is 3.72. The van der Waals surface area contributed by atoms with E-state index in [9.17, 15) is 4.79 Å². The molecule has 3 heteroatoms. The zero-order valence-corrected chi connectivity index (χ0v) is 10.3. The molecule has 1 N–H and O–H groups in total. The number of nitrogens with one attached hydrogen (secondary N) is 1. The lowest BCUT2D eigenvalue weighted by molar-refractivity contribution is -0.136. The quantitative estimate of drug-likeness (QED) is 0.400. The molecule has 0 saturated carbocycles. The summed E-state index contributed by atoms with van der Waals surface area (Å²) in [5, 5.41) is 3.31. The van der Waals surface area contributed by atoms with Gasteiger partial charge in [0.15, 0.2) is 0 Å². The summed E-state index contributed by atoms with van der Waals surface area (Å²) in [6.45, 7) is 7.91. The molecule has 0 aromatic rings. The number of hydrogen-bond acceptors (Lipinski definition) is 3. The zero-order chi connectivity index (χ0) is 11.7. The maximum Gasteiger partial charge on any atom is 0.333 e. The zero-order valence-electron chi connectivity index (χ0n) is 10.3. The summed E-state index contributed by atoms with van der Waals surface area (Å²) in [6.07, 6.45) is 4.26. The van der Waals surface area contributed by atoms with Crippen LogP contribution in [0, 0.1) is 5.92 Å². The highest BCUT2D eigenvalue weighted by Gasteiger charge is 2.03. The number of carbonyl (C=O) groups excluding carboxylic acids is 1. The highest BCUT2D eigenvalue weighted by Crippen LogP contribution is 2.04. The molecule has 0 fully saturated rings. The third kappa shape index (κ3) is 6.28. The van der Waals surface area contributed by atoms with Gasteiger partial charge in [0.05, 0.1) is 7.11 Å². The highest BCUT2D eigenvalue weighted by molar-refractivity contribution is 5.87. The molecule has 0 aromatic heterocycles. The molecular formula is C12H23NO2. The van der Waals surface area contributed by atoms with Gasteiger partial charge in [0, 0.05) is 12.1 Å². The monoisotopic (exact) mass is 213 g/mol. The summed E-state index contributed by atoms with van der Waals surface area (Å²) in [7, 11) is 1.40. The van der Waals surface area contributed by atoms with Crippen LogP contribution in [0.2, 0.25) is 0 Å². The van der Waals surface area contributed by atoms with Crippen molar-refractivity contribution in [2.45, 2.75) is 33.6 Å². The molecule has 0 aliphatic heterocycles. The Morgan fingerprint density at radius 1 is 1.40 bits per heavy atom. The average molecular weight is 213 g/mol. The minimum absolute atomic E-state index is 0.251. The van der Waals surface area contributed by atoms with Gasteiger partial charge in [-0.05, 0) is 19.4 Å². The van der Waals surface area contributed by atoms with Crippen molar-refractivity contribution in [2.24, 2.45) is 5.92 Å². The molecule has 0 rings (SSSR count). The third-order valence-corrected chi connectivity index (χ3v) is 2.65. The molecule has 0 spiro atoms. The van der Waals surface area contributed by atoms with Crippen molar-refractivity contribution in [1.29, 1.82) is 0 Å². The van der Waals surface area contributed by atoms with Crippen LogP contribution in [0.25, 0.3) is 0 Å². The van der Waals surface area contributed by atoms with Gasteiger partial charge in [0.25, 0.3) is 0 Å². The van der Waals surface area contributed by atoms with E-state index in [1.54, 1.807) is 6.92 Å². The topological polar surface area (TPSA) is 38.3 Å². The Hall–Kier alpha value is -0.830. The fourth-order valence-corrected chi connectivity index (χ4v) is 1.33. The number of carbonyl (C=O) groups is 1. The summed E-state index contributed by atoms with van der Waals surface area (Å²) < 4.78 is 4.60. The van der Waals surface area contributed by atoms with Gasteiger partial charge in [-0.15, -0.1) is 0 Å². The standard InChI is InChI=1S/C12H23NO2/c1-5-11(6-2)9-13-8-7-10(3)12(14)15-4/h7,11,13H,5-6,8-9H2,1-4H3/b10-7-. The van der Waals surface area contributed by atoms with Crippen molar-refractivity contribution in [3.8, 4) is 0 Å². The van der Waals surface area contributed by atoms with E-state index in [0.717, 1.165) is 19.0 Å². The molecular weight excluding hydrogens is 190 g/mol. The van der Waals surface area contributed by atoms with Crippen LogP contribution in [0.5, 0.6) is 0 Å². The molecule has 88 valence electrons. The number of esters is 1. The predicted molar refractivity (Wildman–Crippen MR) is 62.7 cm³/mol. The summed E-state index contributed by atoms with van der Waals surface area (Å²) in [4.78, 5) is 11.0. The van der Waals surface area contributed by atoms with E-state index < -0.39 is 0 Å². The van der Waals surface area contributed by atoms with Crippen LogP contribution >= 0.6 is 0 Å². The van der Waals surface area contributed by atoms with Crippen molar-refractivity contribution in [3.63, 3.8) is 0 Å². The lowest BCUT2D eigenvalue weighted by Gasteiger charge is -2.11. The Labute approximate surface area is 92.9 Å². The van der Waals surface area contributed by atoms with Gasteiger partial charge in [-0.3, -0.25) is 0 Å². The van der Waals surface area contributed by atoms with Crippen LogP contribution in [0.15, 0.2) is 11.6 Å². The number of ether oxygens (including phenoxy) is 1. The molecule has 0 atom stereocenters. The van der Waals surface area contributed by atoms with E-state index in [4.69, 9.17) is 0 Å². The maximum atomic E-state index is 11.0. The van der Waals surface area contributed by atoms with Crippen LogP contribution in [0.4, 0.5) is 0 Å². The van der Waals surface area contributed by atoms with E-state index in [0.29, 0.717) is 5.57 Å². The van der Waals surface area contributed by atoms with Crippen molar-refractivity contribution >= 4 is 5.97 Å². The van der Waals surface area contributed by atoms with Gasteiger partial charge in [-0.25, -0.2) is 4.79 Å². The van der Waals surface area contributed by atoms with Gasteiger partial charge >= 0.3 is 5.97 Å². The van der Waals surface area contributed by atoms with E-state index in [1.807, 2.05) is 6.08 Å². The first-order valence-corrected chi connectivity index (χ1v) is 5.61. The van der Waals surface area contributed by atoms with Crippen LogP contribution in [0.1, 0.15) is 33.6 Å². The Kier molecular flexibility index (Phi) is 8.01. The predicted octanol–water partition coefficient (Wildman–Crippen LogP) is 2.13. The van der Waals surface area contributed by atoms with E-state index in [1.165, 1.54) is 20.0 Å². The van der Waals surface area contributed by atoms with Crippen molar-refractivity contribution in [3.05, 3.63) is 11.6 Å². The Balaban J connectivity index is 3.73. The Bertz CT molecular complexity index is 208. The number of rotatable bonds is 7. The van der Waals surface area contributed by atoms with E-state index >= 15 is 0 Å². The second-order valence-corrected chi connectivity index (χ2v) is 3.72.